The van der Waals surface area contributed by atoms with Crippen molar-refractivity contribution in [2.45, 2.75) is 105 Å². The molecule has 15 heteroatoms. The molecule has 2 N–H and O–H groups in total. The van der Waals surface area contributed by atoms with E-state index in [0.29, 0.717) is 32.6 Å². The van der Waals surface area contributed by atoms with Crippen LogP contribution in [0.1, 0.15) is 79.9 Å². The second kappa shape index (κ2) is 23.0. The van der Waals surface area contributed by atoms with Gasteiger partial charge in [0.1, 0.15) is 42.5 Å². The molecule has 3 rings (SSSR count). The van der Waals surface area contributed by atoms with Crippen LogP contribution in [0.25, 0.3) is 0 Å². The molecule has 1 saturated heterocycles. The minimum atomic E-state index is -0.870. The van der Waals surface area contributed by atoms with Crippen molar-refractivity contribution in [1.29, 1.82) is 0 Å². The lowest BCUT2D eigenvalue weighted by atomic mass is 10.0. The number of carbonyl (C=O) groups is 5. The van der Waals surface area contributed by atoms with E-state index in [-0.39, 0.29) is 70.1 Å². The van der Waals surface area contributed by atoms with Crippen molar-refractivity contribution < 1.29 is 56.6 Å². The van der Waals surface area contributed by atoms with E-state index in [1.165, 1.54) is 0 Å². The average Bonchev–Trinajstić information content (AvgIpc) is 3.13. The fraction of sp³-hybridized carbons (Fsp3) is 0.622. The highest BCUT2D eigenvalue weighted by atomic mass is 16.6. The van der Waals surface area contributed by atoms with Crippen LogP contribution in [0.2, 0.25) is 0 Å². The molecule has 3 unspecified atom stereocenters. The maximum absolute atomic E-state index is 15.0. The molecule has 0 bridgehead atoms. The van der Waals surface area contributed by atoms with E-state index >= 15 is 4.79 Å². The first-order chi connectivity index (χ1) is 28.1. The van der Waals surface area contributed by atoms with Crippen LogP contribution in [0, 0.1) is 0 Å². The van der Waals surface area contributed by atoms with Crippen LogP contribution in [0.3, 0.4) is 0 Å². The van der Waals surface area contributed by atoms with Crippen LogP contribution in [0.5, 0.6) is 0 Å². The topological polar surface area (TPSA) is 159 Å². The maximum atomic E-state index is 15.0. The van der Waals surface area contributed by atoms with Crippen LogP contribution in [-0.2, 0) is 56.1 Å². The van der Waals surface area contributed by atoms with E-state index in [0.717, 1.165) is 11.1 Å². The molecule has 0 aromatic heterocycles. The first-order valence-corrected chi connectivity index (χ1v) is 20.9. The molecular formula is C45H71N5O10+2. The van der Waals surface area contributed by atoms with Crippen LogP contribution < -0.4 is 10.6 Å². The van der Waals surface area contributed by atoms with Crippen LogP contribution in [0.15, 0.2) is 60.7 Å². The number of ether oxygens (including phenoxy) is 5. The summed E-state index contributed by atoms with van der Waals surface area (Å²) in [5, 5.41) is 6.29. The van der Waals surface area contributed by atoms with Crippen LogP contribution in [-0.4, -0.2) is 146 Å². The summed E-state index contributed by atoms with van der Waals surface area (Å²) in [4.78, 5) is 70.0. The molecule has 15 nitrogen and oxygen atoms in total. The van der Waals surface area contributed by atoms with Gasteiger partial charge in [0.2, 0.25) is 6.41 Å². The highest BCUT2D eigenvalue weighted by Gasteiger charge is 2.51. The van der Waals surface area contributed by atoms with Gasteiger partial charge in [-0.1, -0.05) is 60.7 Å². The monoisotopic (exact) mass is 842 g/mol. The third-order valence-electron chi connectivity index (χ3n) is 9.76. The molecular weight excluding hydrogens is 771 g/mol. The lowest BCUT2D eigenvalue weighted by molar-refractivity contribution is -0.985. The number of benzene rings is 2. The summed E-state index contributed by atoms with van der Waals surface area (Å²) in [5.41, 5.74) is -0.681. The lowest BCUT2D eigenvalue weighted by Gasteiger charge is -2.47. The van der Waals surface area contributed by atoms with E-state index in [2.05, 4.69) is 10.6 Å². The minimum Gasteiger partial charge on any atom is -0.459 e. The summed E-state index contributed by atoms with van der Waals surface area (Å²) in [6.07, 6.45) is 0.223. The second-order valence-electron chi connectivity index (χ2n) is 18.6. The molecule has 0 spiro atoms. The fourth-order valence-corrected chi connectivity index (χ4v) is 7.17. The molecule has 2 amide bonds. The predicted molar refractivity (Wildman–Crippen MR) is 227 cm³/mol. The van der Waals surface area contributed by atoms with Gasteiger partial charge in [0.25, 0.3) is 0 Å². The molecule has 334 valence electrons. The van der Waals surface area contributed by atoms with E-state index in [1.54, 1.807) is 62.3 Å². The van der Waals surface area contributed by atoms with Crippen LogP contribution in [0.4, 0.5) is 4.79 Å². The van der Waals surface area contributed by atoms with E-state index in [1.807, 2.05) is 65.6 Å². The molecule has 1 aliphatic rings. The predicted octanol–water partition coefficient (Wildman–Crippen LogP) is 4.57. The summed E-state index contributed by atoms with van der Waals surface area (Å²) in [7, 11) is 0. The summed E-state index contributed by atoms with van der Waals surface area (Å²) in [5.74, 6) is -1.51. The Morgan fingerprint density at radius 1 is 0.733 bits per heavy atom. The summed E-state index contributed by atoms with van der Waals surface area (Å²) in [6.45, 7) is 17.8. The Labute approximate surface area is 357 Å². The lowest BCUT2D eigenvalue weighted by Crippen LogP contribution is -2.70. The van der Waals surface area contributed by atoms with Crippen molar-refractivity contribution in [1.82, 2.24) is 15.5 Å². The van der Waals surface area contributed by atoms with Gasteiger partial charge in [0, 0.05) is 39.1 Å². The van der Waals surface area contributed by atoms with E-state index < -0.39 is 57.9 Å². The zero-order chi connectivity index (χ0) is 44.5. The third kappa shape index (κ3) is 18.5. The molecule has 2 aromatic carbocycles. The number of amides is 2. The quantitative estimate of drug-likeness (QED) is 0.0800. The number of hydrogen-bond donors (Lipinski definition) is 2. The van der Waals surface area contributed by atoms with Gasteiger partial charge >= 0.3 is 24.0 Å². The first kappa shape index (κ1) is 49.9. The van der Waals surface area contributed by atoms with Crippen molar-refractivity contribution in [3.8, 4) is 0 Å². The standard InChI is InChI=1S/C45H70N5O10/c1-43(2,3)58-39(52)28-48-24-22-46-23-26-50(31-41(54)60-45(7,8)9,35-56-32-36-16-12-10-13-17-36)38(20-21-47-34-51)29-49(27-25-48,30-40(53)59-44(4,5)6)42(55)57-33-37-18-14-11-15-19-37/h10-19,34,38,46H,20-33,35H2,1-9H3/q+1/p+1. The van der Waals surface area contributed by atoms with Gasteiger partial charge in [-0.3, -0.25) is 19.0 Å². The molecule has 1 aliphatic heterocycles. The number of carbonyl (C=O) groups excluding carboxylic acids is 5. The zero-order valence-corrected chi connectivity index (χ0v) is 37.5. The van der Waals surface area contributed by atoms with Crippen molar-refractivity contribution in [3.63, 3.8) is 0 Å². The van der Waals surface area contributed by atoms with Crippen molar-refractivity contribution in [2.24, 2.45) is 0 Å². The second-order valence-corrected chi connectivity index (χ2v) is 18.6. The molecule has 60 heavy (non-hydrogen) atoms. The Morgan fingerprint density at radius 3 is 1.85 bits per heavy atom. The Bertz CT molecular complexity index is 1660. The van der Waals surface area contributed by atoms with E-state index in [4.69, 9.17) is 23.7 Å². The van der Waals surface area contributed by atoms with Gasteiger partial charge < -0.3 is 34.3 Å². The van der Waals surface area contributed by atoms with Gasteiger partial charge in [0.05, 0.1) is 19.7 Å². The number of esters is 3. The first-order valence-electron chi connectivity index (χ1n) is 20.9. The number of rotatable bonds is 16. The van der Waals surface area contributed by atoms with E-state index in [9.17, 15) is 19.2 Å². The number of nitrogens with one attached hydrogen (secondary N) is 2. The summed E-state index contributed by atoms with van der Waals surface area (Å²) >= 11 is 0. The van der Waals surface area contributed by atoms with Gasteiger partial charge in [-0.25, -0.2) is 14.1 Å². The SMILES string of the molecule is CC(C)(C)OC(=O)CN1CCNCC[N+](COCc2ccccc2)(CC(=O)OC(C)(C)C)C(CCNC=O)C[N+](CC(=O)OC(C)(C)C)(C(=O)OCc2ccccc2)CC1. The molecule has 0 aliphatic carbocycles. The normalized spacial score (nSPS) is 21.1. The van der Waals surface area contributed by atoms with Gasteiger partial charge in [-0.2, -0.15) is 4.79 Å². The van der Waals surface area contributed by atoms with Gasteiger partial charge in [0.15, 0.2) is 19.8 Å². The largest absolute Gasteiger partial charge is 0.517 e. The molecule has 0 saturated carbocycles. The fourth-order valence-electron chi connectivity index (χ4n) is 7.17. The summed E-state index contributed by atoms with van der Waals surface area (Å²) in [6, 6.07) is 18.3. The highest BCUT2D eigenvalue weighted by Crippen LogP contribution is 2.27. The highest BCUT2D eigenvalue weighted by molar-refractivity contribution is 5.74. The van der Waals surface area contributed by atoms with Crippen molar-refractivity contribution in [3.05, 3.63) is 71.8 Å². The molecule has 1 fully saturated rings. The molecule has 2 aromatic rings. The maximum Gasteiger partial charge on any atom is 0.517 e. The zero-order valence-electron chi connectivity index (χ0n) is 37.5. The smallest absolute Gasteiger partial charge is 0.459 e. The minimum absolute atomic E-state index is 0.00279. The van der Waals surface area contributed by atoms with Crippen molar-refractivity contribution in [2.75, 3.05) is 78.7 Å². The van der Waals surface area contributed by atoms with Crippen LogP contribution >= 0.6 is 0 Å². The Balaban J connectivity index is 2.26. The average molecular weight is 842 g/mol. The molecule has 0 radical (unpaired) electrons. The number of nitrogens with zero attached hydrogens (tertiary/aromatic N) is 3. The summed E-state index contributed by atoms with van der Waals surface area (Å²) < 4.78 is 29.6. The Kier molecular flexibility index (Phi) is 19.1. The Morgan fingerprint density at radius 2 is 1.28 bits per heavy atom. The van der Waals surface area contributed by atoms with Gasteiger partial charge in [-0.15, -0.1) is 0 Å². The number of hydrogen-bond acceptors (Lipinski definition) is 12. The molecule has 3 atom stereocenters. The molecule has 1 heterocycles. The third-order valence-corrected chi connectivity index (χ3v) is 9.76. The Hall–Kier alpha value is -4.41. The number of quaternary nitrogens is 2. The van der Waals surface area contributed by atoms with Crippen molar-refractivity contribution >= 4 is 30.4 Å². The van der Waals surface area contributed by atoms with Gasteiger partial charge in [-0.05, 0) is 73.4 Å².